The number of fused-ring (bicyclic) bond motifs is 1. The molecule has 2 aromatic carbocycles. The maximum absolute atomic E-state index is 12.6. The summed E-state index contributed by atoms with van der Waals surface area (Å²) in [5.74, 6) is 0.473. The van der Waals surface area contributed by atoms with Gasteiger partial charge in [0, 0.05) is 12.1 Å². The molecule has 1 heterocycles. The number of para-hydroxylation sites is 2. The maximum atomic E-state index is 12.6. The smallest absolute Gasteiger partial charge is 0.257 e. The molecule has 0 saturated heterocycles. The van der Waals surface area contributed by atoms with Gasteiger partial charge in [-0.1, -0.05) is 52.0 Å². The highest BCUT2D eigenvalue weighted by molar-refractivity contribution is 6.04. The summed E-state index contributed by atoms with van der Waals surface area (Å²) in [6.45, 7) is 9.42. The topological polar surface area (TPSA) is 46.9 Å². The van der Waals surface area contributed by atoms with Crippen LogP contribution < -0.4 is 5.32 Å². The quantitative estimate of drug-likeness (QED) is 0.729. The average Bonchev–Trinajstić information content (AvgIpc) is 2.92. The number of aromatic nitrogens is 2. The third kappa shape index (κ3) is 3.58. The minimum absolute atomic E-state index is 0.0735. The predicted octanol–water partition coefficient (Wildman–Crippen LogP) is 5.00. The molecule has 0 bridgehead atoms. The van der Waals surface area contributed by atoms with E-state index in [1.165, 1.54) is 5.56 Å². The summed E-state index contributed by atoms with van der Waals surface area (Å²) in [5, 5.41) is 2.97. The van der Waals surface area contributed by atoms with Gasteiger partial charge in [-0.05, 0) is 41.7 Å². The summed E-state index contributed by atoms with van der Waals surface area (Å²) in [4.78, 5) is 17.2. The molecule has 1 amide bonds. The van der Waals surface area contributed by atoms with Gasteiger partial charge in [0.05, 0.1) is 11.0 Å². The number of imidazole rings is 1. The minimum Gasteiger partial charge on any atom is -0.310 e. The van der Waals surface area contributed by atoms with E-state index in [1.807, 2.05) is 48.5 Å². The first-order valence-electron chi connectivity index (χ1n) is 8.77. The lowest BCUT2D eigenvalue weighted by Gasteiger charge is -2.19. The van der Waals surface area contributed by atoms with E-state index < -0.39 is 0 Å². The molecule has 0 aliphatic carbocycles. The number of hydrogen-bond acceptors (Lipinski definition) is 2. The second kappa shape index (κ2) is 6.71. The van der Waals surface area contributed by atoms with Gasteiger partial charge in [0.25, 0.3) is 5.91 Å². The van der Waals surface area contributed by atoms with E-state index >= 15 is 0 Å². The maximum Gasteiger partial charge on any atom is 0.257 e. The Kier molecular flexibility index (Phi) is 4.62. The number of anilines is 1. The van der Waals surface area contributed by atoms with Gasteiger partial charge in [-0.3, -0.25) is 10.1 Å². The lowest BCUT2D eigenvalue weighted by atomic mass is 9.87. The first-order valence-corrected chi connectivity index (χ1v) is 8.77. The molecular weight excluding hydrogens is 310 g/mol. The zero-order valence-corrected chi connectivity index (χ0v) is 15.3. The number of nitrogens with one attached hydrogen (secondary N) is 1. The fourth-order valence-electron chi connectivity index (χ4n) is 2.92. The standard InChI is InChI=1S/C21H25N3O/c1-5-14-24-18-9-7-6-8-17(18)22-20(24)23-19(25)15-10-12-16(13-11-15)21(2,3)4/h6-13H,5,14H2,1-4H3,(H,22,23,25). The molecule has 130 valence electrons. The van der Waals surface area contributed by atoms with Crippen molar-refractivity contribution in [1.29, 1.82) is 0 Å². The van der Waals surface area contributed by atoms with Crippen LogP contribution >= 0.6 is 0 Å². The molecule has 25 heavy (non-hydrogen) atoms. The Morgan fingerprint density at radius 1 is 1.08 bits per heavy atom. The fraction of sp³-hybridized carbons (Fsp3) is 0.333. The highest BCUT2D eigenvalue weighted by atomic mass is 16.1. The van der Waals surface area contributed by atoms with Crippen molar-refractivity contribution in [1.82, 2.24) is 9.55 Å². The average molecular weight is 335 g/mol. The molecule has 1 aromatic heterocycles. The summed E-state index contributed by atoms with van der Waals surface area (Å²) < 4.78 is 2.07. The van der Waals surface area contributed by atoms with Gasteiger partial charge in [-0.25, -0.2) is 4.98 Å². The molecule has 3 aromatic rings. The van der Waals surface area contributed by atoms with Crippen LogP contribution in [0.25, 0.3) is 11.0 Å². The molecule has 0 fully saturated rings. The van der Waals surface area contributed by atoms with Crippen molar-refractivity contribution < 1.29 is 4.79 Å². The number of amides is 1. The van der Waals surface area contributed by atoms with E-state index in [9.17, 15) is 4.79 Å². The fourth-order valence-corrected chi connectivity index (χ4v) is 2.92. The molecule has 1 N–H and O–H groups in total. The molecule has 3 rings (SSSR count). The van der Waals surface area contributed by atoms with Gasteiger partial charge >= 0.3 is 0 Å². The van der Waals surface area contributed by atoms with Crippen LogP contribution in [-0.4, -0.2) is 15.5 Å². The summed E-state index contributed by atoms with van der Waals surface area (Å²) in [5.41, 5.74) is 3.87. The van der Waals surface area contributed by atoms with Gasteiger partial charge in [0.15, 0.2) is 0 Å². The summed E-state index contributed by atoms with van der Waals surface area (Å²) >= 11 is 0. The van der Waals surface area contributed by atoms with Crippen LogP contribution in [0.15, 0.2) is 48.5 Å². The number of aryl methyl sites for hydroxylation is 1. The van der Waals surface area contributed by atoms with Crippen LogP contribution in [-0.2, 0) is 12.0 Å². The number of hydrogen-bond donors (Lipinski definition) is 1. The van der Waals surface area contributed by atoms with Crippen LogP contribution in [0.1, 0.15) is 50.0 Å². The molecular formula is C21H25N3O. The van der Waals surface area contributed by atoms with Crippen LogP contribution in [0.3, 0.4) is 0 Å². The molecule has 4 nitrogen and oxygen atoms in total. The van der Waals surface area contributed by atoms with Gasteiger partial charge in [-0.2, -0.15) is 0 Å². The molecule has 0 atom stereocenters. The Bertz CT molecular complexity index is 886. The second-order valence-electron chi connectivity index (χ2n) is 7.36. The van der Waals surface area contributed by atoms with E-state index in [2.05, 4.69) is 42.6 Å². The molecule has 0 aliphatic heterocycles. The van der Waals surface area contributed by atoms with Gasteiger partial charge < -0.3 is 4.57 Å². The first kappa shape index (κ1) is 17.2. The lowest BCUT2D eigenvalue weighted by molar-refractivity contribution is 0.102. The molecule has 4 heteroatoms. The van der Waals surface area contributed by atoms with Crippen molar-refractivity contribution in [3.05, 3.63) is 59.7 Å². The van der Waals surface area contributed by atoms with E-state index in [-0.39, 0.29) is 11.3 Å². The Hall–Kier alpha value is -2.62. The third-order valence-corrected chi connectivity index (χ3v) is 4.34. The third-order valence-electron chi connectivity index (χ3n) is 4.34. The van der Waals surface area contributed by atoms with E-state index in [0.717, 1.165) is 24.0 Å². The highest BCUT2D eigenvalue weighted by Crippen LogP contribution is 2.23. The summed E-state index contributed by atoms with van der Waals surface area (Å²) in [7, 11) is 0. The van der Waals surface area contributed by atoms with Gasteiger partial charge in [0.1, 0.15) is 0 Å². The van der Waals surface area contributed by atoms with Crippen LogP contribution in [0.5, 0.6) is 0 Å². The van der Waals surface area contributed by atoms with Crippen LogP contribution in [0, 0.1) is 0 Å². The summed E-state index contributed by atoms with van der Waals surface area (Å²) in [6, 6.07) is 15.7. The minimum atomic E-state index is -0.131. The SMILES string of the molecule is CCCn1c(NC(=O)c2ccc(C(C)(C)C)cc2)nc2ccccc21. The first-order chi connectivity index (χ1) is 11.9. The van der Waals surface area contributed by atoms with Crippen molar-refractivity contribution in [3.63, 3.8) is 0 Å². The summed E-state index contributed by atoms with van der Waals surface area (Å²) in [6.07, 6.45) is 0.976. The zero-order chi connectivity index (χ0) is 18.0. The van der Waals surface area contributed by atoms with E-state index in [0.29, 0.717) is 11.5 Å². The van der Waals surface area contributed by atoms with Crippen molar-refractivity contribution in [2.45, 2.75) is 46.1 Å². The molecule has 0 unspecified atom stereocenters. The number of carbonyl (C=O) groups excluding carboxylic acids is 1. The van der Waals surface area contributed by atoms with Gasteiger partial charge in [0.2, 0.25) is 5.95 Å². The van der Waals surface area contributed by atoms with Crippen molar-refractivity contribution in [2.24, 2.45) is 0 Å². The van der Waals surface area contributed by atoms with Crippen molar-refractivity contribution >= 4 is 22.9 Å². The Balaban J connectivity index is 1.88. The van der Waals surface area contributed by atoms with E-state index in [1.54, 1.807) is 0 Å². The largest absolute Gasteiger partial charge is 0.310 e. The lowest BCUT2D eigenvalue weighted by Crippen LogP contribution is -2.17. The Morgan fingerprint density at radius 3 is 2.40 bits per heavy atom. The number of rotatable bonds is 4. The highest BCUT2D eigenvalue weighted by Gasteiger charge is 2.16. The van der Waals surface area contributed by atoms with E-state index in [4.69, 9.17) is 0 Å². The molecule has 0 spiro atoms. The molecule has 0 aliphatic rings. The number of carbonyl (C=O) groups is 1. The van der Waals surface area contributed by atoms with Crippen molar-refractivity contribution in [3.8, 4) is 0 Å². The number of nitrogens with zero attached hydrogens (tertiary/aromatic N) is 2. The van der Waals surface area contributed by atoms with Crippen LogP contribution in [0.4, 0.5) is 5.95 Å². The van der Waals surface area contributed by atoms with Crippen LogP contribution in [0.2, 0.25) is 0 Å². The molecule has 0 saturated carbocycles. The predicted molar refractivity (Wildman–Crippen MR) is 103 cm³/mol. The normalized spacial score (nSPS) is 11.7. The Morgan fingerprint density at radius 2 is 1.76 bits per heavy atom. The molecule has 0 radical (unpaired) electrons. The zero-order valence-electron chi connectivity index (χ0n) is 15.3. The Labute approximate surface area is 148 Å². The van der Waals surface area contributed by atoms with Crippen molar-refractivity contribution in [2.75, 3.05) is 5.32 Å². The van der Waals surface area contributed by atoms with Gasteiger partial charge in [-0.15, -0.1) is 0 Å². The number of benzene rings is 2. The second-order valence-corrected chi connectivity index (χ2v) is 7.36. The monoisotopic (exact) mass is 335 g/mol.